The first kappa shape index (κ1) is 10.8. The Balaban J connectivity index is 3.35. The number of hydrogen-bond donors (Lipinski definition) is 1. The van der Waals surface area contributed by atoms with Gasteiger partial charge in [-0.15, -0.1) is 11.6 Å². The number of nitrogen functional groups attached to an aromatic ring is 1. The van der Waals surface area contributed by atoms with E-state index in [1.165, 1.54) is 0 Å². The molecule has 1 aromatic rings. The molecule has 6 heteroatoms. The quantitative estimate of drug-likeness (QED) is 0.627. The van der Waals surface area contributed by atoms with Gasteiger partial charge in [-0.05, 0) is 0 Å². The highest BCUT2D eigenvalue weighted by Crippen LogP contribution is 2.27. The van der Waals surface area contributed by atoms with Crippen LogP contribution >= 0.6 is 11.6 Å². The van der Waals surface area contributed by atoms with Crippen LogP contribution in [-0.2, 0) is 5.88 Å². The van der Waals surface area contributed by atoms with E-state index in [2.05, 4.69) is 4.98 Å². The van der Waals surface area contributed by atoms with Crippen LogP contribution in [0.4, 0.5) is 14.5 Å². The van der Waals surface area contributed by atoms with Crippen molar-refractivity contribution in [1.82, 2.24) is 4.98 Å². The average Bonchev–Trinajstić information content (AvgIpc) is 2.17. The molecule has 14 heavy (non-hydrogen) atoms. The molecular formula is C8H7ClF2N2O. The van der Waals surface area contributed by atoms with Gasteiger partial charge in [0.05, 0.1) is 17.1 Å². The molecule has 1 aromatic heterocycles. The van der Waals surface area contributed by atoms with Gasteiger partial charge >= 0.3 is 0 Å². The van der Waals surface area contributed by atoms with E-state index >= 15 is 0 Å². The Morgan fingerprint density at radius 1 is 1.64 bits per heavy atom. The lowest BCUT2D eigenvalue weighted by molar-refractivity contribution is 0.112. The number of anilines is 1. The van der Waals surface area contributed by atoms with Gasteiger partial charge < -0.3 is 5.73 Å². The summed E-state index contributed by atoms with van der Waals surface area (Å²) in [7, 11) is 0. The van der Waals surface area contributed by atoms with E-state index in [1.54, 1.807) is 0 Å². The second kappa shape index (κ2) is 4.32. The van der Waals surface area contributed by atoms with Crippen LogP contribution in [0, 0.1) is 0 Å². The first-order chi connectivity index (χ1) is 6.61. The monoisotopic (exact) mass is 220 g/mol. The maximum Gasteiger partial charge on any atom is 0.280 e. The Hall–Kier alpha value is -1.23. The number of nitrogens with zero attached hydrogens (tertiary/aromatic N) is 1. The summed E-state index contributed by atoms with van der Waals surface area (Å²) in [4.78, 5) is 13.9. The average molecular weight is 221 g/mol. The van der Waals surface area contributed by atoms with Crippen molar-refractivity contribution in [3.63, 3.8) is 0 Å². The molecule has 0 saturated carbocycles. The van der Waals surface area contributed by atoms with Crippen molar-refractivity contribution in [1.29, 1.82) is 0 Å². The lowest BCUT2D eigenvalue weighted by Gasteiger charge is -2.09. The molecule has 2 N–H and O–H groups in total. The summed E-state index contributed by atoms with van der Waals surface area (Å²) in [6.45, 7) is 0. The standard InChI is InChI=1S/C8H7ClF2N2O/c9-1-5-6(12)4(3-14)2-13-7(5)8(10)11/h2-3,8H,1H2,(H2,12,13). The van der Waals surface area contributed by atoms with Crippen molar-refractivity contribution < 1.29 is 13.6 Å². The maximum atomic E-state index is 12.4. The second-order valence-corrected chi connectivity index (χ2v) is 2.81. The van der Waals surface area contributed by atoms with Crippen LogP contribution in [0.1, 0.15) is 28.0 Å². The van der Waals surface area contributed by atoms with Crippen LogP contribution in [0.15, 0.2) is 6.20 Å². The molecule has 0 aliphatic carbocycles. The van der Waals surface area contributed by atoms with Gasteiger partial charge in [0.15, 0.2) is 6.29 Å². The Kier molecular flexibility index (Phi) is 3.35. The van der Waals surface area contributed by atoms with Gasteiger partial charge in [0.1, 0.15) is 5.69 Å². The smallest absolute Gasteiger partial charge is 0.280 e. The number of nitrogens with two attached hydrogens (primary N) is 1. The number of rotatable bonds is 3. The highest BCUT2D eigenvalue weighted by Gasteiger charge is 2.18. The van der Waals surface area contributed by atoms with Crippen molar-refractivity contribution in [3.05, 3.63) is 23.0 Å². The van der Waals surface area contributed by atoms with Crippen molar-refractivity contribution in [2.24, 2.45) is 0 Å². The lowest BCUT2D eigenvalue weighted by Crippen LogP contribution is -2.05. The third-order valence-corrected chi connectivity index (χ3v) is 2.02. The molecule has 1 heterocycles. The van der Waals surface area contributed by atoms with Crippen molar-refractivity contribution >= 4 is 23.6 Å². The van der Waals surface area contributed by atoms with Gasteiger partial charge in [0.25, 0.3) is 6.43 Å². The van der Waals surface area contributed by atoms with Gasteiger partial charge in [-0.2, -0.15) is 0 Å². The Bertz CT molecular complexity index is 357. The van der Waals surface area contributed by atoms with Crippen molar-refractivity contribution in [2.75, 3.05) is 5.73 Å². The van der Waals surface area contributed by atoms with Crippen LogP contribution in [0.2, 0.25) is 0 Å². The topological polar surface area (TPSA) is 56.0 Å². The van der Waals surface area contributed by atoms with Crippen LogP contribution in [0.3, 0.4) is 0 Å². The fourth-order valence-electron chi connectivity index (χ4n) is 1.02. The molecule has 0 aliphatic rings. The predicted octanol–water partition coefficient (Wildman–Crippen LogP) is 2.15. The van der Waals surface area contributed by atoms with E-state index in [-0.39, 0.29) is 22.7 Å². The summed E-state index contributed by atoms with van der Waals surface area (Å²) in [6, 6.07) is 0. The van der Waals surface area contributed by atoms with Gasteiger partial charge in [0.2, 0.25) is 0 Å². The molecule has 3 nitrogen and oxygen atoms in total. The number of carbonyl (C=O) groups excluding carboxylic acids is 1. The van der Waals surface area contributed by atoms with Gasteiger partial charge in [0, 0.05) is 11.8 Å². The number of halogens is 3. The number of pyridine rings is 1. The first-order valence-corrected chi connectivity index (χ1v) is 4.21. The number of alkyl halides is 3. The first-order valence-electron chi connectivity index (χ1n) is 3.68. The molecule has 0 atom stereocenters. The molecule has 0 aromatic carbocycles. The fourth-order valence-corrected chi connectivity index (χ4v) is 1.30. The molecule has 0 radical (unpaired) electrons. The molecule has 0 unspecified atom stereocenters. The Labute approximate surface area is 83.9 Å². The second-order valence-electron chi connectivity index (χ2n) is 2.54. The number of hydrogen-bond acceptors (Lipinski definition) is 3. The zero-order valence-electron chi connectivity index (χ0n) is 7.01. The number of aromatic nitrogens is 1. The molecule has 0 aliphatic heterocycles. The van der Waals surface area contributed by atoms with E-state index in [0.29, 0.717) is 6.29 Å². The predicted molar refractivity (Wildman–Crippen MR) is 48.6 cm³/mol. The summed E-state index contributed by atoms with van der Waals surface area (Å²) in [5, 5.41) is 0. The highest BCUT2D eigenvalue weighted by atomic mass is 35.5. The zero-order chi connectivity index (χ0) is 10.7. The molecular weight excluding hydrogens is 214 g/mol. The van der Waals surface area contributed by atoms with Crippen LogP contribution in [0.25, 0.3) is 0 Å². The van der Waals surface area contributed by atoms with Crippen molar-refractivity contribution in [3.8, 4) is 0 Å². The minimum absolute atomic E-state index is 0.0197. The van der Waals surface area contributed by atoms with E-state index in [9.17, 15) is 13.6 Å². The highest BCUT2D eigenvalue weighted by molar-refractivity contribution is 6.17. The summed E-state index contributed by atoms with van der Waals surface area (Å²) >= 11 is 5.44. The van der Waals surface area contributed by atoms with Gasteiger partial charge in [-0.1, -0.05) is 0 Å². The normalized spacial score (nSPS) is 10.6. The molecule has 1 rings (SSSR count). The van der Waals surface area contributed by atoms with Crippen molar-refractivity contribution in [2.45, 2.75) is 12.3 Å². The molecule has 0 fully saturated rings. The van der Waals surface area contributed by atoms with Crippen LogP contribution < -0.4 is 5.73 Å². The summed E-state index contributed by atoms with van der Waals surface area (Å²) in [6.07, 6.45) is -1.28. The van der Waals surface area contributed by atoms with Crippen LogP contribution in [-0.4, -0.2) is 11.3 Å². The Morgan fingerprint density at radius 3 is 2.71 bits per heavy atom. The minimum atomic E-state index is -2.74. The van der Waals surface area contributed by atoms with E-state index < -0.39 is 12.1 Å². The SMILES string of the molecule is Nc1c(C=O)cnc(C(F)F)c1CCl. The Morgan fingerprint density at radius 2 is 2.29 bits per heavy atom. The fraction of sp³-hybridized carbons (Fsp3) is 0.250. The molecule has 0 bridgehead atoms. The summed E-state index contributed by atoms with van der Waals surface area (Å²) in [5.41, 5.74) is 5.05. The molecule has 0 spiro atoms. The third-order valence-electron chi connectivity index (χ3n) is 1.76. The summed E-state index contributed by atoms with van der Waals surface area (Å²) < 4.78 is 24.7. The maximum absolute atomic E-state index is 12.4. The summed E-state index contributed by atoms with van der Waals surface area (Å²) in [5.74, 6) is -0.194. The lowest BCUT2D eigenvalue weighted by atomic mass is 10.1. The van der Waals surface area contributed by atoms with Gasteiger partial charge in [-0.25, -0.2) is 8.78 Å². The molecule has 76 valence electrons. The van der Waals surface area contributed by atoms with E-state index in [4.69, 9.17) is 17.3 Å². The van der Waals surface area contributed by atoms with E-state index in [1.807, 2.05) is 0 Å². The number of aldehydes is 1. The largest absolute Gasteiger partial charge is 0.398 e. The third kappa shape index (κ3) is 1.82. The van der Waals surface area contributed by atoms with E-state index in [0.717, 1.165) is 6.20 Å². The van der Waals surface area contributed by atoms with Crippen LogP contribution in [0.5, 0.6) is 0 Å². The number of carbonyl (C=O) groups is 1. The van der Waals surface area contributed by atoms with Gasteiger partial charge in [-0.3, -0.25) is 9.78 Å². The molecule has 0 amide bonds. The zero-order valence-corrected chi connectivity index (χ0v) is 7.76. The molecule has 0 saturated heterocycles. The minimum Gasteiger partial charge on any atom is -0.398 e.